The van der Waals surface area contributed by atoms with Crippen molar-refractivity contribution in [1.82, 2.24) is 0 Å². The molecule has 0 amide bonds. The Morgan fingerprint density at radius 2 is 2.23 bits per heavy atom. The zero-order valence-electron chi connectivity index (χ0n) is 7.12. The van der Waals surface area contributed by atoms with Crippen molar-refractivity contribution in [2.45, 2.75) is 19.3 Å². The molecule has 3 heteroatoms. The molecule has 1 heterocycles. The SMILES string of the molecule is O=C1CCCC(O)=C1c1ccsc1. The minimum absolute atomic E-state index is 0.0714. The highest BCUT2D eigenvalue weighted by molar-refractivity contribution is 7.08. The highest BCUT2D eigenvalue weighted by Crippen LogP contribution is 2.29. The number of aliphatic hydroxyl groups excluding tert-OH is 1. The number of carbonyl (C=O) groups excluding carboxylic acids is 1. The van der Waals surface area contributed by atoms with Crippen LogP contribution in [0.25, 0.3) is 5.57 Å². The number of Topliss-reactive ketones (excluding diaryl/α,β-unsaturated/α-hetero) is 1. The first-order valence-corrected chi connectivity index (χ1v) is 5.21. The van der Waals surface area contributed by atoms with Crippen LogP contribution in [0.15, 0.2) is 22.6 Å². The quantitative estimate of drug-likeness (QED) is 0.746. The lowest BCUT2D eigenvalue weighted by molar-refractivity contribution is -0.114. The van der Waals surface area contributed by atoms with Crippen LogP contribution in [0.5, 0.6) is 0 Å². The first-order chi connectivity index (χ1) is 6.29. The average molecular weight is 194 g/mol. The van der Waals surface area contributed by atoms with Crippen molar-refractivity contribution in [3.05, 3.63) is 28.1 Å². The summed E-state index contributed by atoms with van der Waals surface area (Å²) < 4.78 is 0. The Kier molecular flexibility index (Phi) is 2.19. The van der Waals surface area contributed by atoms with Crippen molar-refractivity contribution in [3.8, 4) is 0 Å². The van der Waals surface area contributed by atoms with Crippen LogP contribution in [0, 0.1) is 0 Å². The molecule has 2 rings (SSSR count). The third kappa shape index (κ3) is 1.52. The molecule has 1 aromatic heterocycles. The van der Waals surface area contributed by atoms with Gasteiger partial charge in [-0.25, -0.2) is 0 Å². The van der Waals surface area contributed by atoms with Crippen LogP contribution in [0.2, 0.25) is 0 Å². The van der Waals surface area contributed by atoms with E-state index in [0.717, 1.165) is 12.0 Å². The number of rotatable bonds is 1. The normalized spacial score (nSPS) is 18.0. The predicted octanol–water partition coefficient (Wildman–Crippen LogP) is 2.77. The van der Waals surface area contributed by atoms with E-state index in [4.69, 9.17) is 0 Å². The first kappa shape index (κ1) is 8.51. The number of thiophene rings is 1. The van der Waals surface area contributed by atoms with E-state index < -0.39 is 0 Å². The van der Waals surface area contributed by atoms with E-state index in [-0.39, 0.29) is 11.5 Å². The number of hydrogen-bond acceptors (Lipinski definition) is 3. The van der Waals surface area contributed by atoms with Gasteiger partial charge in [-0.1, -0.05) is 0 Å². The van der Waals surface area contributed by atoms with Crippen LogP contribution >= 0.6 is 11.3 Å². The molecule has 0 bridgehead atoms. The van der Waals surface area contributed by atoms with Gasteiger partial charge < -0.3 is 5.11 Å². The molecular weight excluding hydrogens is 184 g/mol. The number of hydrogen-bond donors (Lipinski definition) is 1. The molecule has 1 aromatic rings. The van der Waals surface area contributed by atoms with Gasteiger partial charge in [0.1, 0.15) is 5.76 Å². The van der Waals surface area contributed by atoms with E-state index in [2.05, 4.69) is 0 Å². The van der Waals surface area contributed by atoms with E-state index in [1.165, 1.54) is 11.3 Å². The van der Waals surface area contributed by atoms with Crippen LogP contribution < -0.4 is 0 Å². The zero-order valence-corrected chi connectivity index (χ0v) is 7.93. The van der Waals surface area contributed by atoms with E-state index in [1.807, 2.05) is 16.8 Å². The zero-order chi connectivity index (χ0) is 9.26. The Morgan fingerprint density at radius 1 is 1.38 bits per heavy atom. The molecule has 0 fully saturated rings. The molecule has 13 heavy (non-hydrogen) atoms. The minimum atomic E-state index is 0.0714. The molecule has 0 radical (unpaired) electrons. The molecule has 0 unspecified atom stereocenters. The maximum Gasteiger partial charge on any atom is 0.166 e. The fourth-order valence-corrected chi connectivity index (χ4v) is 2.21. The van der Waals surface area contributed by atoms with Crippen molar-refractivity contribution < 1.29 is 9.90 Å². The van der Waals surface area contributed by atoms with Gasteiger partial charge in [0.2, 0.25) is 0 Å². The molecule has 0 saturated heterocycles. The van der Waals surface area contributed by atoms with Gasteiger partial charge in [-0.3, -0.25) is 4.79 Å². The average Bonchev–Trinajstić information content (AvgIpc) is 2.57. The summed E-state index contributed by atoms with van der Waals surface area (Å²) in [5, 5.41) is 13.4. The first-order valence-electron chi connectivity index (χ1n) is 4.27. The summed E-state index contributed by atoms with van der Waals surface area (Å²) in [5.74, 6) is 0.330. The molecule has 0 aliphatic heterocycles. The molecule has 0 saturated carbocycles. The van der Waals surface area contributed by atoms with Crippen LogP contribution in [-0.4, -0.2) is 10.9 Å². The Morgan fingerprint density at radius 3 is 2.85 bits per heavy atom. The second kappa shape index (κ2) is 3.34. The lowest BCUT2D eigenvalue weighted by Crippen LogP contribution is -2.09. The topological polar surface area (TPSA) is 37.3 Å². The molecule has 2 nitrogen and oxygen atoms in total. The largest absolute Gasteiger partial charge is 0.512 e. The van der Waals surface area contributed by atoms with Crippen LogP contribution in [-0.2, 0) is 4.79 Å². The highest BCUT2D eigenvalue weighted by Gasteiger charge is 2.21. The smallest absolute Gasteiger partial charge is 0.166 e. The number of ketones is 1. The van der Waals surface area contributed by atoms with Crippen molar-refractivity contribution in [2.24, 2.45) is 0 Å². The van der Waals surface area contributed by atoms with Crippen LogP contribution in [0.1, 0.15) is 24.8 Å². The Labute approximate surface area is 80.5 Å². The van der Waals surface area contributed by atoms with E-state index in [9.17, 15) is 9.90 Å². The Balaban J connectivity index is 2.45. The summed E-state index contributed by atoms with van der Waals surface area (Å²) in [5.41, 5.74) is 1.40. The molecule has 1 aliphatic rings. The van der Waals surface area contributed by atoms with Crippen molar-refractivity contribution >= 4 is 22.7 Å². The highest BCUT2D eigenvalue weighted by atomic mass is 32.1. The van der Waals surface area contributed by atoms with Gasteiger partial charge in [0.15, 0.2) is 5.78 Å². The molecule has 0 atom stereocenters. The molecule has 68 valence electrons. The number of carbonyl (C=O) groups is 1. The van der Waals surface area contributed by atoms with E-state index >= 15 is 0 Å². The molecular formula is C10H10O2S. The Hall–Kier alpha value is -1.09. The minimum Gasteiger partial charge on any atom is -0.512 e. The summed E-state index contributed by atoms with van der Waals surface area (Å²) in [4.78, 5) is 11.5. The van der Waals surface area contributed by atoms with E-state index in [1.54, 1.807) is 0 Å². The van der Waals surface area contributed by atoms with Gasteiger partial charge >= 0.3 is 0 Å². The van der Waals surface area contributed by atoms with Gasteiger partial charge in [0.25, 0.3) is 0 Å². The Bertz CT molecular complexity index is 349. The summed E-state index contributed by atoms with van der Waals surface area (Å²) >= 11 is 1.54. The van der Waals surface area contributed by atoms with Crippen LogP contribution in [0.4, 0.5) is 0 Å². The maximum atomic E-state index is 11.5. The lowest BCUT2D eigenvalue weighted by Gasteiger charge is -2.13. The number of allylic oxidation sites excluding steroid dienone is 2. The van der Waals surface area contributed by atoms with Crippen molar-refractivity contribution in [1.29, 1.82) is 0 Å². The van der Waals surface area contributed by atoms with Crippen molar-refractivity contribution in [2.75, 3.05) is 0 Å². The summed E-state index contributed by atoms with van der Waals surface area (Å²) in [6.07, 6.45) is 1.98. The van der Waals surface area contributed by atoms with Gasteiger partial charge in [-0.2, -0.15) is 11.3 Å². The van der Waals surface area contributed by atoms with Gasteiger partial charge in [-0.05, 0) is 28.8 Å². The van der Waals surface area contributed by atoms with Gasteiger partial charge in [0.05, 0.1) is 5.57 Å². The summed E-state index contributed by atoms with van der Waals surface area (Å²) in [7, 11) is 0. The number of aliphatic hydroxyl groups is 1. The lowest BCUT2D eigenvalue weighted by atomic mass is 9.92. The molecule has 1 aliphatic carbocycles. The molecule has 0 aromatic carbocycles. The van der Waals surface area contributed by atoms with Gasteiger partial charge in [0, 0.05) is 12.8 Å². The molecule has 1 N–H and O–H groups in total. The predicted molar refractivity (Wildman–Crippen MR) is 52.7 cm³/mol. The second-order valence-corrected chi connectivity index (χ2v) is 3.89. The van der Waals surface area contributed by atoms with Crippen molar-refractivity contribution in [3.63, 3.8) is 0 Å². The standard InChI is InChI=1S/C10H10O2S/c11-8-2-1-3-9(12)10(8)7-4-5-13-6-7/h4-6,11H,1-3H2. The third-order valence-electron chi connectivity index (χ3n) is 2.19. The molecule has 0 spiro atoms. The van der Waals surface area contributed by atoms with E-state index in [0.29, 0.717) is 18.4 Å². The fraction of sp³-hybridized carbons (Fsp3) is 0.300. The van der Waals surface area contributed by atoms with Gasteiger partial charge in [-0.15, -0.1) is 0 Å². The monoisotopic (exact) mass is 194 g/mol. The maximum absolute atomic E-state index is 11.5. The second-order valence-electron chi connectivity index (χ2n) is 3.11. The third-order valence-corrected chi connectivity index (χ3v) is 2.88. The summed E-state index contributed by atoms with van der Waals surface area (Å²) in [6, 6.07) is 1.87. The fourth-order valence-electron chi connectivity index (χ4n) is 1.56. The van der Waals surface area contributed by atoms with Crippen LogP contribution in [0.3, 0.4) is 0 Å². The summed E-state index contributed by atoms with van der Waals surface area (Å²) in [6.45, 7) is 0.